The quantitative estimate of drug-likeness (QED) is 0.841. The Hall–Kier alpha value is -2.62. The van der Waals surface area contributed by atoms with Gasteiger partial charge in [-0.1, -0.05) is 31.2 Å². The predicted molar refractivity (Wildman–Crippen MR) is 100 cm³/mol. The van der Waals surface area contributed by atoms with Crippen LogP contribution < -0.4 is 0 Å². The number of carbonyl (C=O) groups is 2. The number of likely N-dealkylation sites (N-methyl/N-ethyl adjacent to an activating group) is 1. The molecular formula is C22H23NO3. The van der Waals surface area contributed by atoms with Gasteiger partial charge in [-0.05, 0) is 53.6 Å². The van der Waals surface area contributed by atoms with Crippen molar-refractivity contribution in [2.24, 2.45) is 0 Å². The number of phenols is 1. The fourth-order valence-corrected chi connectivity index (χ4v) is 4.80. The third-order valence-electron chi connectivity index (χ3n) is 6.35. The molecule has 2 atom stereocenters. The Bertz CT molecular complexity index is 904. The molecule has 1 aliphatic heterocycles. The lowest BCUT2D eigenvalue weighted by atomic mass is 9.63. The number of fused-ring (bicyclic) bond motifs is 3. The van der Waals surface area contributed by atoms with E-state index in [0.717, 1.165) is 30.4 Å². The van der Waals surface area contributed by atoms with Gasteiger partial charge in [0.05, 0.1) is 5.56 Å². The molecule has 2 aliphatic rings. The van der Waals surface area contributed by atoms with E-state index >= 15 is 0 Å². The number of amides is 1. The number of piperidine rings is 1. The zero-order chi connectivity index (χ0) is 18.5. The number of aldehydes is 1. The second-order valence-corrected chi connectivity index (χ2v) is 7.74. The number of nitrogens with zero attached hydrogens (tertiary/aromatic N) is 1. The lowest BCUT2D eigenvalue weighted by Crippen LogP contribution is -2.56. The summed E-state index contributed by atoms with van der Waals surface area (Å²) >= 11 is 0. The minimum atomic E-state index is -0.00230. The fraction of sp³-hybridized carbons (Fsp3) is 0.364. The molecule has 0 spiro atoms. The highest BCUT2D eigenvalue weighted by molar-refractivity contribution is 5.83. The van der Waals surface area contributed by atoms with E-state index < -0.39 is 0 Å². The van der Waals surface area contributed by atoms with Gasteiger partial charge in [0.1, 0.15) is 5.75 Å². The highest BCUT2D eigenvalue weighted by Crippen LogP contribution is 2.46. The molecule has 0 bridgehead atoms. The summed E-state index contributed by atoms with van der Waals surface area (Å²) in [5.74, 6) is 0.255. The summed E-state index contributed by atoms with van der Waals surface area (Å²) in [5, 5.41) is 9.72. The van der Waals surface area contributed by atoms with Gasteiger partial charge in [0.15, 0.2) is 6.29 Å². The minimum absolute atomic E-state index is 0.00230. The number of hydrogen-bond donors (Lipinski definition) is 1. The molecule has 1 heterocycles. The Kier molecular flexibility index (Phi) is 3.87. The fourth-order valence-electron chi connectivity index (χ4n) is 4.80. The number of aromatic hydroxyl groups is 1. The molecule has 1 aliphatic carbocycles. The molecule has 0 radical (unpaired) electrons. The van der Waals surface area contributed by atoms with Gasteiger partial charge in [0.25, 0.3) is 0 Å². The molecule has 4 rings (SSSR count). The molecule has 26 heavy (non-hydrogen) atoms. The number of likely N-dealkylation sites (tertiary alicyclic amines) is 1. The lowest BCUT2D eigenvalue weighted by molar-refractivity contribution is -0.138. The van der Waals surface area contributed by atoms with Crippen molar-refractivity contribution in [1.29, 1.82) is 0 Å². The summed E-state index contributed by atoms with van der Waals surface area (Å²) in [6.07, 6.45) is 4.09. The van der Waals surface area contributed by atoms with Crippen molar-refractivity contribution < 1.29 is 14.7 Å². The zero-order valence-corrected chi connectivity index (χ0v) is 15.2. The van der Waals surface area contributed by atoms with E-state index in [-0.39, 0.29) is 23.1 Å². The van der Waals surface area contributed by atoms with E-state index in [4.69, 9.17) is 0 Å². The predicted octanol–water partition coefficient (Wildman–Crippen LogP) is 3.70. The van der Waals surface area contributed by atoms with Crippen LogP contribution in [0.25, 0.3) is 11.1 Å². The van der Waals surface area contributed by atoms with Crippen LogP contribution in [0.5, 0.6) is 5.75 Å². The number of phenolic OH excluding ortho intramolecular Hbond substituents is 1. The Balaban J connectivity index is 1.75. The molecule has 0 aromatic heterocycles. The maximum atomic E-state index is 12.1. The number of aryl methyl sites for hydroxylation is 1. The van der Waals surface area contributed by atoms with E-state index in [0.29, 0.717) is 18.3 Å². The Morgan fingerprint density at radius 3 is 2.65 bits per heavy atom. The standard InChI is InChI=1S/C22H23NO3/c1-22-10-9-21(26)23(2)20(22)8-5-16-11-14(3-6-18(16)22)15-4-7-19(25)17(12-15)13-24/h3-4,6-7,11-13,20,25H,5,8-10H2,1-2H3/t20-,22-/m1/s1. The van der Waals surface area contributed by atoms with Gasteiger partial charge in [-0.2, -0.15) is 0 Å². The topological polar surface area (TPSA) is 57.6 Å². The van der Waals surface area contributed by atoms with Crippen molar-refractivity contribution >= 4 is 12.2 Å². The molecule has 2 aromatic carbocycles. The monoisotopic (exact) mass is 349 g/mol. The van der Waals surface area contributed by atoms with E-state index in [2.05, 4.69) is 25.1 Å². The van der Waals surface area contributed by atoms with Gasteiger partial charge in [0.2, 0.25) is 5.91 Å². The third-order valence-corrected chi connectivity index (χ3v) is 6.35. The van der Waals surface area contributed by atoms with Gasteiger partial charge in [-0.15, -0.1) is 0 Å². The number of carbonyl (C=O) groups excluding carboxylic acids is 2. The minimum Gasteiger partial charge on any atom is -0.507 e. The summed E-state index contributed by atoms with van der Waals surface area (Å²) in [6, 6.07) is 11.9. The first-order valence-corrected chi connectivity index (χ1v) is 9.11. The van der Waals surface area contributed by atoms with E-state index in [1.54, 1.807) is 12.1 Å². The Morgan fingerprint density at radius 2 is 1.88 bits per heavy atom. The summed E-state index contributed by atoms with van der Waals surface area (Å²) in [6.45, 7) is 2.28. The SMILES string of the molecule is CN1C(=O)CC[C@]2(C)c3ccc(-c4ccc(O)c(C=O)c4)cc3CC[C@@H]12. The van der Waals surface area contributed by atoms with Crippen molar-refractivity contribution in [3.63, 3.8) is 0 Å². The van der Waals surface area contributed by atoms with Gasteiger partial charge in [-0.25, -0.2) is 0 Å². The lowest BCUT2D eigenvalue weighted by Gasteiger charge is -2.50. The zero-order valence-electron chi connectivity index (χ0n) is 15.2. The number of rotatable bonds is 2. The molecule has 0 saturated carbocycles. The van der Waals surface area contributed by atoms with Crippen molar-refractivity contribution in [3.8, 4) is 16.9 Å². The molecule has 0 unspecified atom stereocenters. The normalized spacial score (nSPS) is 24.8. The first-order chi connectivity index (χ1) is 12.4. The van der Waals surface area contributed by atoms with Crippen molar-refractivity contribution in [2.75, 3.05) is 7.05 Å². The summed E-state index contributed by atoms with van der Waals surface area (Å²) in [4.78, 5) is 25.2. The van der Waals surface area contributed by atoms with Crippen molar-refractivity contribution in [2.45, 2.75) is 44.1 Å². The second-order valence-electron chi connectivity index (χ2n) is 7.74. The van der Waals surface area contributed by atoms with Crippen LogP contribution in [0.4, 0.5) is 0 Å². The Labute approximate surface area is 153 Å². The summed E-state index contributed by atoms with van der Waals surface area (Å²) in [5.41, 5.74) is 4.94. The number of hydrogen-bond acceptors (Lipinski definition) is 3. The van der Waals surface area contributed by atoms with Gasteiger partial charge >= 0.3 is 0 Å². The first-order valence-electron chi connectivity index (χ1n) is 9.11. The van der Waals surface area contributed by atoms with Crippen molar-refractivity contribution in [3.05, 3.63) is 53.1 Å². The van der Waals surface area contributed by atoms with Gasteiger partial charge in [-0.3, -0.25) is 9.59 Å². The van der Waals surface area contributed by atoms with Crippen LogP contribution in [0, 0.1) is 0 Å². The smallest absolute Gasteiger partial charge is 0.222 e. The highest BCUT2D eigenvalue weighted by atomic mass is 16.3. The maximum absolute atomic E-state index is 12.1. The van der Waals surface area contributed by atoms with Crippen LogP contribution in [0.2, 0.25) is 0 Å². The molecule has 1 saturated heterocycles. The van der Waals surface area contributed by atoms with Crippen molar-refractivity contribution in [1.82, 2.24) is 4.90 Å². The van der Waals surface area contributed by atoms with Crippen LogP contribution >= 0.6 is 0 Å². The van der Waals surface area contributed by atoms with E-state index in [1.165, 1.54) is 11.1 Å². The molecule has 4 heteroatoms. The molecular weight excluding hydrogens is 326 g/mol. The summed E-state index contributed by atoms with van der Waals surface area (Å²) < 4.78 is 0. The van der Waals surface area contributed by atoms with Gasteiger partial charge < -0.3 is 10.0 Å². The van der Waals surface area contributed by atoms with Crippen LogP contribution in [-0.4, -0.2) is 35.3 Å². The molecule has 4 nitrogen and oxygen atoms in total. The van der Waals surface area contributed by atoms with Crippen LogP contribution in [0.3, 0.4) is 0 Å². The molecule has 2 aromatic rings. The van der Waals surface area contributed by atoms with Crippen LogP contribution in [0.1, 0.15) is 47.7 Å². The molecule has 1 amide bonds. The molecule has 1 N–H and O–H groups in total. The van der Waals surface area contributed by atoms with Crippen LogP contribution in [0.15, 0.2) is 36.4 Å². The first kappa shape index (κ1) is 16.8. The number of benzene rings is 2. The summed E-state index contributed by atoms with van der Waals surface area (Å²) in [7, 11) is 1.93. The van der Waals surface area contributed by atoms with E-state index in [9.17, 15) is 14.7 Å². The maximum Gasteiger partial charge on any atom is 0.222 e. The second kappa shape index (κ2) is 5.97. The average molecular weight is 349 g/mol. The largest absolute Gasteiger partial charge is 0.507 e. The third kappa shape index (κ3) is 2.44. The molecule has 1 fully saturated rings. The van der Waals surface area contributed by atoms with Gasteiger partial charge in [0, 0.05) is 24.9 Å². The van der Waals surface area contributed by atoms with E-state index in [1.807, 2.05) is 18.0 Å². The highest BCUT2D eigenvalue weighted by Gasteiger charge is 2.46. The van der Waals surface area contributed by atoms with Crippen LogP contribution in [-0.2, 0) is 16.6 Å². The average Bonchev–Trinajstić information content (AvgIpc) is 2.65. The Morgan fingerprint density at radius 1 is 1.15 bits per heavy atom. The molecule has 134 valence electrons.